The van der Waals surface area contributed by atoms with Crippen molar-refractivity contribution in [3.05, 3.63) is 76.1 Å². The van der Waals surface area contributed by atoms with E-state index in [1.165, 1.54) is 0 Å². The van der Waals surface area contributed by atoms with Crippen molar-refractivity contribution in [3.8, 4) is 0 Å². The van der Waals surface area contributed by atoms with Crippen LogP contribution >= 0.6 is 11.6 Å². The zero-order chi connectivity index (χ0) is 14.8. The summed E-state index contributed by atoms with van der Waals surface area (Å²) in [7, 11) is 0. The van der Waals surface area contributed by atoms with Gasteiger partial charge in [-0.3, -0.25) is 4.98 Å². The Hall–Kier alpha value is -2.51. The van der Waals surface area contributed by atoms with Gasteiger partial charge >= 0.3 is 0 Å². The van der Waals surface area contributed by atoms with Gasteiger partial charge in [0.25, 0.3) is 6.04 Å². The minimum Gasteiger partial charge on any atom is -0.301 e. The van der Waals surface area contributed by atoms with Gasteiger partial charge in [0.05, 0.1) is 0 Å². The van der Waals surface area contributed by atoms with Gasteiger partial charge in [0.2, 0.25) is 0 Å². The molecule has 0 bridgehead atoms. The van der Waals surface area contributed by atoms with Gasteiger partial charge in [0.15, 0.2) is 10.8 Å². The highest BCUT2D eigenvalue weighted by Crippen LogP contribution is 2.32. The second kappa shape index (κ2) is 5.47. The van der Waals surface area contributed by atoms with Crippen molar-refractivity contribution in [2.75, 3.05) is 0 Å². The fourth-order valence-corrected chi connectivity index (χ4v) is 2.53. The van der Waals surface area contributed by atoms with Gasteiger partial charge in [-0.2, -0.15) is 0 Å². The molecule has 0 radical (unpaired) electrons. The average molecular weight is 295 g/mol. The Kier molecular flexibility index (Phi) is 3.51. The largest absolute Gasteiger partial charge is 0.301 e. The van der Waals surface area contributed by atoms with Gasteiger partial charge in [-0.25, -0.2) is 6.57 Å². The van der Waals surface area contributed by atoms with E-state index >= 15 is 0 Å². The lowest BCUT2D eigenvalue weighted by Gasteiger charge is -2.09. The van der Waals surface area contributed by atoms with Gasteiger partial charge in [-0.05, 0) is 19.1 Å². The molecule has 0 aliphatic heterocycles. The predicted octanol–water partition coefficient (Wildman–Crippen LogP) is 4.00. The molecule has 5 heteroatoms. The molecule has 0 saturated heterocycles. The van der Waals surface area contributed by atoms with Gasteiger partial charge < -0.3 is 4.85 Å². The van der Waals surface area contributed by atoms with E-state index in [9.17, 15) is 0 Å². The Morgan fingerprint density at radius 3 is 2.62 bits per heavy atom. The number of pyridine rings is 1. The minimum atomic E-state index is -0.513. The van der Waals surface area contributed by atoms with Gasteiger partial charge in [0, 0.05) is 28.2 Å². The molecule has 0 saturated carbocycles. The lowest BCUT2D eigenvalue weighted by atomic mass is 10.0. The van der Waals surface area contributed by atoms with Crippen molar-refractivity contribution in [2.45, 2.75) is 13.0 Å². The van der Waals surface area contributed by atoms with Crippen LogP contribution in [-0.2, 0) is 0 Å². The first-order valence-electron chi connectivity index (χ1n) is 6.40. The molecule has 102 valence electrons. The van der Waals surface area contributed by atoms with E-state index in [1.54, 1.807) is 6.20 Å². The van der Waals surface area contributed by atoms with Crippen LogP contribution in [0.5, 0.6) is 0 Å². The summed E-state index contributed by atoms with van der Waals surface area (Å²) >= 11 is 6.09. The van der Waals surface area contributed by atoms with Crippen LogP contribution in [0.25, 0.3) is 15.6 Å². The van der Waals surface area contributed by atoms with Crippen LogP contribution in [-0.4, -0.2) is 15.2 Å². The lowest BCUT2D eigenvalue weighted by Crippen LogP contribution is -2.03. The zero-order valence-electron chi connectivity index (χ0n) is 11.3. The first-order valence-corrected chi connectivity index (χ1v) is 6.78. The first-order chi connectivity index (χ1) is 10.2. The van der Waals surface area contributed by atoms with E-state index in [-0.39, 0.29) is 0 Å². The summed E-state index contributed by atoms with van der Waals surface area (Å²) in [5.41, 5.74) is 2.35. The number of halogens is 1. The number of aryl methyl sites for hydroxylation is 1. The molecule has 0 N–H and O–H groups in total. The van der Waals surface area contributed by atoms with E-state index < -0.39 is 6.04 Å². The van der Waals surface area contributed by atoms with Gasteiger partial charge in [-0.1, -0.05) is 35.9 Å². The Balaban J connectivity index is 2.23. The Bertz CT molecular complexity index is 854. The predicted molar refractivity (Wildman–Crippen MR) is 82.0 cm³/mol. The monoisotopic (exact) mass is 294 g/mol. The molecule has 0 amide bonds. The van der Waals surface area contributed by atoms with E-state index in [0.717, 1.165) is 22.0 Å². The Morgan fingerprint density at radius 2 is 1.90 bits per heavy atom. The summed E-state index contributed by atoms with van der Waals surface area (Å²) in [5, 5.41) is 10.2. The van der Waals surface area contributed by atoms with Crippen molar-refractivity contribution in [1.82, 2.24) is 15.2 Å². The molecule has 1 unspecified atom stereocenters. The quantitative estimate of drug-likeness (QED) is 0.671. The third-order valence-corrected chi connectivity index (χ3v) is 3.57. The molecule has 0 aliphatic rings. The maximum atomic E-state index is 7.54. The highest BCUT2D eigenvalue weighted by molar-refractivity contribution is 6.34. The molecule has 0 fully saturated rings. The SMILES string of the molecule is [C-]#[N+]C(c1ccnc(C)c1)c1nnc(Cl)c2ccccc12. The maximum absolute atomic E-state index is 7.54. The number of nitrogens with zero attached hydrogens (tertiary/aromatic N) is 4. The number of benzene rings is 1. The molecule has 3 rings (SSSR count). The van der Waals surface area contributed by atoms with Crippen LogP contribution in [0.3, 0.4) is 0 Å². The molecule has 1 atom stereocenters. The van der Waals surface area contributed by atoms with E-state index in [0.29, 0.717) is 10.8 Å². The van der Waals surface area contributed by atoms with Crippen LogP contribution in [0.15, 0.2) is 42.6 Å². The minimum absolute atomic E-state index is 0.351. The number of hydrogen-bond acceptors (Lipinski definition) is 3. The molecular weight excluding hydrogens is 284 g/mol. The van der Waals surface area contributed by atoms with Crippen LogP contribution in [0.1, 0.15) is 23.0 Å². The van der Waals surface area contributed by atoms with Crippen molar-refractivity contribution >= 4 is 22.4 Å². The van der Waals surface area contributed by atoms with Crippen molar-refractivity contribution in [3.63, 3.8) is 0 Å². The average Bonchev–Trinajstić information content (AvgIpc) is 2.51. The van der Waals surface area contributed by atoms with Crippen LogP contribution in [0, 0.1) is 13.5 Å². The Labute approximate surface area is 127 Å². The van der Waals surface area contributed by atoms with Crippen molar-refractivity contribution in [2.24, 2.45) is 0 Å². The fourth-order valence-electron chi connectivity index (χ4n) is 2.32. The molecule has 4 nitrogen and oxygen atoms in total. The van der Waals surface area contributed by atoms with E-state index in [4.69, 9.17) is 18.2 Å². The van der Waals surface area contributed by atoms with E-state index in [1.807, 2.05) is 43.3 Å². The Morgan fingerprint density at radius 1 is 1.14 bits per heavy atom. The van der Waals surface area contributed by atoms with Gasteiger partial charge in [0.1, 0.15) is 0 Å². The molecule has 3 aromatic rings. The van der Waals surface area contributed by atoms with Crippen LogP contribution < -0.4 is 0 Å². The zero-order valence-corrected chi connectivity index (χ0v) is 12.0. The number of hydrogen-bond donors (Lipinski definition) is 0. The highest BCUT2D eigenvalue weighted by Gasteiger charge is 2.24. The summed E-state index contributed by atoms with van der Waals surface area (Å²) in [4.78, 5) is 7.89. The van der Waals surface area contributed by atoms with Crippen molar-refractivity contribution in [1.29, 1.82) is 0 Å². The summed E-state index contributed by atoms with van der Waals surface area (Å²) < 4.78 is 0. The third-order valence-electron chi connectivity index (χ3n) is 3.30. The molecule has 2 heterocycles. The highest BCUT2D eigenvalue weighted by atomic mass is 35.5. The third kappa shape index (κ3) is 2.44. The normalized spacial score (nSPS) is 12.0. The molecule has 1 aromatic carbocycles. The number of aromatic nitrogens is 3. The summed E-state index contributed by atoms with van der Waals surface area (Å²) in [6, 6.07) is 10.8. The van der Waals surface area contributed by atoms with Gasteiger partial charge in [-0.15, -0.1) is 10.2 Å². The second-order valence-corrected chi connectivity index (χ2v) is 5.04. The lowest BCUT2D eigenvalue weighted by molar-refractivity contribution is 0.888. The van der Waals surface area contributed by atoms with E-state index in [2.05, 4.69) is 20.0 Å². The maximum Gasteiger partial charge on any atom is 0.292 e. The topological polar surface area (TPSA) is 43.0 Å². The number of fused-ring (bicyclic) bond motifs is 1. The smallest absolute Gasteiger partial charge is 0.292 e. The first kappa shape index (κ1) is 13.5. The van der Waals surface area contributed by atoms with Crippen LogP contribution in [0.4, 0.5) is 0 Å². The molecule has 2 aromatic heterocycles. The number of rotatable bonds is 2. The summed E-state index contributed by atoms with van der Waals surface area (Å²) in [5.74, 6) is 0. The molecular formula is C16H11ClN4. The van der Waals surface area contributed by atoms with Crippen molar-refractivity contribution < 1.29 is 0 Å². The summed E-state index contributed by atoms with van der Waals surface area (Å²) in [6.45, 7) is 9.44. The standard InChI is InChI=1S/C16H11ClN4/c1-10-9-11(7-8-19-10)14(18-2)15-12-5-3-4-6-13(12)16(17)21-20-15/h3-9,14H,1H3. The molecule has 0 aliphatic carbocycles. The van der Waals surface area contributed by atoms with Crippen LogP contribution in [0.2, 0.25) is 5.15 Å². The molecule has 21 heavy (non-hydrogen) atoms. The molecule has 0 spiro atoms. The second-order valence-electron chi connectivity index (χ2n) is 4.68. The fraction of sp³-hybridized carbons (Fsp3) is 0.125. The summed E-state index contributed by atoms with van der Waals surface area (Å²) in [6.07, 6.45) is 1.70.